The zero-order valence-electron chi connectivity index (χ0n) is 10.4. The lowest BCUT2D eigenvalue weighted by Crippen LogP contribution is -2.03. The zero-order valence-corrected chi connectivity index (χ0v) is 11.3. The Labute approximate surface area is 104 Å². The van der Waals surface area contributed by atoms with Crippen LogP contribution >= 0.6 is 7.60 Å². The predicted molar refractivity (Wildman–Crippen MR) is 69.8 cm³/mol. The van der Waals surface area contributed by atoms with E-state index >= 15 is 0 Å². The fraction of sp³-hybridized carbons (Fsp3) is 0.500. The number of hydrogen-bond acceptors (Lipinski definition) is 3. The van der Waals surface area contributed by atoms with Crippen LogP contribution in [-0.4, -0.2) is 24.8 Å². The van der Waals surface area contributed by atoms with E-state index in [1.54, 1.807) is 14.0 Å². The third-order valence-corrected chi connectivity index (χ3v) is 4.17. The second kappa shape index (κ2) is 6.20. The Hall–Kier alpha value is -0.830. The molecule has 0 heterocycles. The summed E-state index contributed by atoms with van der Waals surface area (Å²) < 4.78 is 21.6. The SMILES string of the molecule is CCOP(=O)(O)C[C@@H](C)c1cccc(OC)c1.[HH]. The van der Waals surface area contributed by atoms with Crippen molar-refractivity contribution in [3.8, 4) is 5.75 Å². The van der Waals surface area contributed by atoms with Crippen LogP contribution < -0.4 is 4.74 Å². The van der Waals surface area contributed by atoms with Gasteiger partial charge in [-0.15, -0.1) is 0 Å². The van der Waals surface area contributed by atoms with E-state index in [2.05, 4.69) is 0 Å². The highest BCUT2D eigenvalue weighted by Gasteiger charge is 2.23. The van der Waals surface area contributed by atoms with Gasteiger partial charge in [-0.3, -0.25) is 4.57 Å². The second-order valence-corrected chi connectivity index (χ2v) is 5.81. The van der Waals surface area contributed by atoms with E-state index in [1.807, 2.05) is 31.2 Å². The van der Waals surface area contributed by atoms with Gasteiger partial charge in [0.1, 0.15) is 5.75 Å². The molecule has 0 saturated carbocycles. The molecule has 0 amide bonds. The summed E-state index contributed by atoms with van der Waals surface area (Å²) in [5, 5.41) is 0. The Bertz CT molecular complexity index is 411. The topological polar surface area (TPSA) is 55.8 Å². The van der Waals surface area contributed by atoms with Crippen LogP contribution in [0.25, 0.3) is 0 Å². The predicted octanol–water partition coefficient (Wildman–Crippen LogP) is 3.27. The lowest BCUT2D eigenvalue weighted by molar-refractivity contribution is 0.272. The van der Waals surface area contributed by atoms with E-state index in [9.17, 15) is 9.46 Å². The molecule has 2 atom stereocenters. The summed E-state index contributed by atoms with van der Waals surface area (Å²) in [5.41, 5.74) is 0.971. The molecular formula is C12H21O4P. The molecule has 0 radical (unpaired) electrons. The van der Waals surface area contributed by atoms with Crippen molar-refractivity contribution in [2.75, 3.05) is 19.9 Å². The third-order valence-electron chi connectivity index (χ3n) is 2.50. The molecule has 0 saturated heterocycles. The van der Waals surface area contributed by atoms with Gasteiger partial charge in [0.15, 0.2) is 0 Å². The number of methoxy groups -OCH3 is 1. The maximum Gasteiger partial charge on any atom is 0.328 e. The molecule has 0 fully saturated rings. The van der Waals surface area contributed by atoms with E-state index < -0.39 is 7.60 Å². The monoisotopic (exact) mass is 260 g/mol. The molecule has 0 aliphatic heterocycles. The van der Waals surface area contributed by atoms with Crippen LogP contribution in [0.4, 0.5) is 0 Å². The summed E-state index contributed by atoms with van der Waals surface area (Å²) in [6.07, 6.45) is 0.119. The van der Waals surface area contributed by atoms with Crippen LogP contribution in [0.1, 0.15) is 26.8 Å². The van der Waals surface area contributed by atoms with Crippen molar-refractivity contribution in [3.05, 3.63) is 29.8 Å². The molecule has 1 aromatic rings. The van der Waals surface area contributed by atoms with Gasteiger partial charge in [-0.05, 0) is 30.5 Å². The van der Waals surface area contributed by atoms with E-state index in [0.717, 1.165) is 11.3 Å². The first-order valence-corrected chi connectivity index (χ1v) is 7.35. The lowest BCUT2D eigenvalue weighted by atomic mass is 10.0. The summed E-state index contributed by atoms with van der Waals surface area (Å²) in [7, 11) is -1.88. The Morgan fingerprint density at radius 2 is 2.24 bits per heavy atom. The Balaban J connectivity index is 0.00000289. The molecule has 1 rings (SSSR count). The fourth-order valence-corrected chi connectivity index (χ4v) is 3.07. The van der Waals surface area contributed by atoms with Crippen molar-refractivity contribution in [2.45, 2.75) is 19.8 Å². The van der Waals surface area contributed by atoms with Gasteiger partial charge in [-0.1, -0.05) is 19.1 Å². The number of benzene rings is 1. The van der Waals surface area contributed by atoms with Crippen molar-refractivity contribution in [3.63, 3.8) is 0 Å². The average molecular weight is 260 g/mol. The smallest absolute Gasteiger partial charge is 0.328 e. The van der Waals surface area contributed by atoms with E-state index in [1.165, 1.54) is 0 Å². The molecule has 0 aliphatic carbocycles. The zero-order chi connectivity index (χ0) is 12.9. The summed E-state index contributed by atoms with van der Waals surface area (Å²) >= 11 is 0. The first-order valence-electron chi connectivity index (χ1n) is 5.59. The van der Waals surface area contributed by atoms with Crippen molar-refractivity contribution in [1.82, 2.24) is 0 Å². The van der Waals surface area contributed by atoms with Gasteiger partial charge < -0.3 is 14.2 Å². The molecule has 17 heavy (non-hydrogen) atoms. The molecule has 0 spiro atoms. The van der Waals surface area contributed by atoms with Gasteiger partial charge in [0.25, 0.3) is 0 Å². The van der Waals surface area contributed by atoms with Crippen LogP contribution in [0.15, 0.2) is 24.3 Å². The highest BCUT2D eigenvalue weighted by atomic mass is 31.2. The Kier molecular flexibility index (Phi) is 5.19. The Morgan fingerprint density at radius 1 is 1.53 bits per heavy atom. The number of ether oxygens (including phenoxy) is 1. The Morgan fingerprint density at radius 3 is 2.82 bits per heavy atom. The van der Waals surface area contributed by atoms with Crippen LogP contribution in [0.2, 0.25) is 0 Å². The lowest BCUT2D eigenvalue weighted by Gasteiger charge is -2.17. The minimum Gasteiger partial charge on any atom is -0.497 e. The average Bonchev–Trinajstić information content (AvgIpc) is 2.28. The molecule has 4 nitrogen and oxygen atoms in total. The summed E-state index contributed by atoms with van der Waals surface area (Å²) in [5.74, 6) is 0.700. The van der Waals surface area contributed by atoms with Gasteiger partial charge in [0.05, 0.1) is 19.9 Å². The molecule has 1 unspecified atom stereocenters. The molecule has 0 aromatic heterocycles. The minimum absolute atomic E-state index is 0. The molecule has 1 aromatic carbocycles. The van der Waals surface area contributed by atoms with Gasteiger partial charge >= 0.3 is 7.60 Å². The van der Waals surface area contributed by atoms with Crippen molar-refractivity contribution < 1.29 is 20.1 Å². The first-order chi connectivity index (χ1) is 7.98. The van der Waals surface area contributed by atoms with Crippen molar-refractivity contribution in [2.24, 2.45) is 0 Å². The molecule has 5 heteroatoms. The number of hydrogen-bond donors (Lipinski definition) is 1. The summed E-state index contributed by atoms with van der Waals surface area (Å²) in [6, 6.07) is 7.50. The highest BCUT2D eigenvalue weighted by Crippen LogP contribution is 2.45. The quantitative estimate of drug-likeness (QED) is 0.797. The van der Waals surface area contributed by atoms with Gasteiger partial charge in [-0.2, -0.15) is 0 Å². The van der Waals surface area contributed by atoms with E-state index in [-0.39, 0.29) is 20.1 Å². The van der Waals surface area contributed by atoms with E-state index in [0.29, 0.717) is 0 Å². The molecule has 1 N–H and O–H groups in total. The van der Waals surface area contributed by atoms with E-state index in [4.69, 9.17) is 9.26 Å². The minimum atomic E-state index is -3.48. The van der Waals surface area contributed by atoms with Crippen LogP contribution in [-0.2, 0) is 9.09 Å². The first kappa shape index (κ1) is 14.2. The van der Waals surface area contributed by atoms with Gasteiger partial charge in [0.2, 0.25) is 0 Å². The maximum atomic E-state index is 11.7. The normalized spacial score (nSPS) is 16.2. The van der Waals surface area contributed by atoms with Crippen LogP contribution in [0, 0.1) is 0 Å². The molecule has 98 valence electrons. The third kappa shape index (κ3) is 4.50. The van der Waals surface area contributed by atoms with Crippen molar-refractivity contribution >= 4 is 7.60 Å². The van der Waals surface area contributed by atoms with Gasteiger partial charge in [0, 0.05) is 1.43 Å². The van der Waals surface area contributed by atoms with Crippen molar-refractivity contribution in [1.29, 1.82) is 0 Å². The molecule has 0 aliphatic rings. The van der Waals surface area contributed by atoms with Crippen LogP contribution in [0.3, 0.4) is 0 Å². The summed E-state index contributed by atoms with van der Waals surface area (Å²) in [4.78, 5) is 9.57. The van der Waals surface area contributed by atoms with Gasteiger partial charge in [-0.25, -0.2) is 0 Å². The maximum absolute atomic E-state index is 11.7. The van der Waals surface area contributed by atoms with Crippen LogP contribution in [0.5, 0.6) is 5.75 Å². The molecule has 0 bridgehead atoms. The number of rotatable bonds is 6. The second-order valence-electron chi connectivity index (χ2n) is 3.92. The fourth-order valence-electron chi connectivity index (χ4n) is 1.65. The molecular weight excluding hydrogens is 239 g/mol. The highest BCUT2D eigenvalue weighted by molar-refractivity contribution is 7.52. The largest absolute Gasteiger partial charge is 0.497 e. The standard InChI is InChI=1S/C12H19O4P.H2/c1-4-16-17(13,14)9-10(2)11-6-5-7-12(8-11)15-3;/h5-8,10H,4,9H2,1-3H3,(H,13,14);1H/t10-;/m1./s1. The summed E-state index contributed by atoms with van der Waals surface area (Å²) in [6.45, 7) is 3.86.